The van der Waals surface area contributed by atoms with Gasteiger partial charge in [-0.15, -0.1) is 11.3 Å². The van der Waals surface area contributed by atoms with Crippen molar-refractivity contribution in [1.29, 1.82) is 0 Å². The van der Waals surface area contributed by atoms with E-state index in [0.717, 1.165) is 62.5 Å². The Morgan fingerprint density at radius 3 is 2.30 bits per heavy atom. The second-order valence-corrected chi connectivity index (χ2v) is 14.3. The van der Waals surface area contributed by atoms with Crippen molar-refractivity contribution >= 4 is 27.3 Å². The molecule has 0 amide bonds. The molecule has 2 N–H and O–H groups in total. The lowest BCUT2D eigenvalue weighted by atomic mass is 9.93. The maximum Gasteiger partial charge on any atom is 0.156 e. The third kappa shape index (κ3) is 5.78. The van der Waals surface area contributed by atoms with Gasteiger partial charge in [0.1, 0.15) is 10.6 Å². The van der Waals surface area contributed by atoms with Crippen molar-refractivity contribution in [3.05, 3.63) is 82.1 Å². The molecule has 0 saturated carbocycles. The molecule has 7 nitrogen and oxygen atoms in total. The highest BCUT2D eigenvalue weighted by atomic mass is 32.2. The number of fused-ring (bicyclic) bond motifs is 1. The smallest absolute Gasteiger partial charge is 0.156 e. The van der Waals surface area contributed by atoms with Crippen molar-refractivity contribution in [1.82, 2.24) is 9.97 Å². The van der Waals surface area contributed by atoms with E-state index in [1.807, 2.05) is 42.5 Å². The summed E-state index contributed by atoms with van der Waals surface area (Å²) in [6.45, 7) is 7.67. The van der Waals surface area contributed by atoms with Crippen LogP contribution in [-0.2, 0) is 20.2 Å². The molecule has 0 spiro atoms. The Kier molecular flexibility index (Phi) is 8.42. The van der Waals surface area contributed by atoms with E-state index >= 15 is 0 Å². The minimum atomic E-state index is -3.36. The van der Waals surface area contributed by atoms with Gasteiger partial charge < -0.3 is 10.2 Å². The summed E-state index contributed by atoms with van der Waals surface area (Å²) < 4.78 is 24.3. The van der Waals surface area contributed by atoms with Gasteiger partial charge in [0.05, 0.1) is 20.7 Å². The van der Waals surface area contributed by atoms with Crippen LogP contribution in [0.3, 0.4) is 0 Å². The number of aliphatic hydroxyl groups excluding tert-OH is 1. The number of benzene rings is 2. The van der Waals surface area contributed by atoms with Gasteiger partial charge in [-0.3, -0.25) is 9.98 Å². The first-order valence-electron chi connectivity index (χ1n) is 12.9. The molecule has 0 atom stereocenters. The van der Waals surface area contributed by atoms with Crippen LogP contribution in [0.2, 0.25) is 0 Å². The second kappa shape index (κ2) is 11.3. The number of rotatable bonds is 6. The van der Waals surface area contributed by atoms with Gasteiger partial charge in [0.25, 0.3) is 0 Å². The van der Waals surface area contributed by atoms with Crippen LogP contribution in [0.4, 0.5) is 0 Å². The van der Waals surface area contributed by atoms with Gasteiger partial charge in [-0.2, -0.15) is 0 Å². The van der Waals surface area contributed by atoms with Crippen molar-refractivity contribution in [2.24, 2.45) is 4.99 Å². The fraction of sp³-hybridized carbons (Fsp3) is 0.323. The Balaban J connectivity index is 0.00000181. The van der Waals surface area contributed by atoms with Gasteiger partial charge in [-0.05, 0) is 86.4 Å². The first-order chi connectivity index (χ1) is 18.9. The lowest BCUT2D eigenvalue weighted by Gasteiger charge is -2.24. The van der Waals surface area contributed by atoms with Crippen molar-refractivity contribution < 1.29 is 18.6 Å². The van der Waals surface area contributed by atoms with Crippen LogP contribution in [0.25, 0.3) is 38.9 Å². The van der Waals surface area contributed by atoms with Crippen LogP contribution >= 0.6 is 11.3 Å². The molecule has 2 aromatic heterocycles. The summed E-state index contributed by atoms with van der Waals surface area (Å²) in [5, 5.41) is 20.2. The molecule has 2 aromatic carbocycles. The lowest BCUT2D eigenvalue weighted by Crippen LogP contribution is -2.35. The molecule has 210 valence electrons. The standard InChI is InChI=1S/C30H31N3O3S2.CH4O/c1-29(2,34)28-33-26(22-12-7-13-31-18-22)27(37-28)21-10-6-9-19(15-21)24-17-23(30(3,4)38(5,35)36)16-20-11-8-14-32-25(20)24;1-2/h6-7,9-13,15-18,34H,8,14H2,1-5H3;2H,1H3. The molecule has 4 aromatic rings. The molecule has 3 heterocycles. The number of aliphatic hydroxyl groups is 2. The quantitative estimate of drug-likeness (QED) is 0.350. The Hall–Kier alpha value is -3.24. The first kappa shape index (κ1) is 29.7. The molecule has 5 rings (SSSR count). The highest BCUT2D eigenvalue weighted by molar-refractivity contribution is 7.91. The van der Waals surface area contributed by atoms with Gasteiger partial charge in [0, 0.05) is 43.4 Å². The zero-order valence-corrected chi connectivity index (χ0v) is 25.3. The van der Waals surface area contributed by atoms with E-state index in [2.05, 4.69) is 17.1 Å². The van der Waals surface area contributed by atoms with Crippen molar-refractivity contribution in [3.63, 3.8) is 0 Å². The molecule has 0 saturated heterocycles. The fourth-order valence-electron chi connectivity index (χ4n) is 4.47. The van der Waals surface area contributed by atoms with Crippen molar-refractivity contribution in [2.75, 3.05) is 19.9 Å². The molecule has 1 aliphatic heterocycles. The Labute approximate surface area is 239 Å². The first-order valence-corrected chi connectivity index (χ1v) is 15.7. The third-order valence-corrected chi connectivity index (χ3v) is 10.6. The lowest BCUT2D eigenvalue weighted by molar-refractivity contribution is 0.0783. The van der Waals surface area contributed by atoms with E-state index < -0.39 is 20.2 Å². The van der Waals surface area contributed by atoms with Crippen LogP contribution < -0.4 is 10.6 Å². The minimum absolute atomic E-state index is 0.621. The van der Waals surface area contributed by atoms with E-state index in [1.165, 1.54) is 17.6 Å². The summed E-state index contributed by atoms with van der Waals surface area (Å²) in [7, 11) is -2.36. The number of aromatic nitrogens is 2. The SMILES string of the molecule is CC(C)(O)c1nc(-c2cccnc2)c(-c2cccc(-c3cc(C(C)(C)S(C)(=O)=O)cc4c3=NCCC=4)c2)s1.CO. The van der Waals surface area contributed by atoms with E-state index in [1.54, 1.807) is 40.1 Å². The zero-order chi connectivity index (χ0) is 29.3. The van der Waals surface area contributed by atoms with Crippen molar-refractivity contribution in [2.45, 2.75) is 44.5 Å². The molecular formula is C31H35N3O4S2. The normalized spacial score (nSPS) is 13.4. The summed E-state index contributed by atoms with van der Waals surface area (Å²) in [5.74, 6) is 0. The summed E-state index contributed by atoms with van der Waals surface area (Å²) >= 11 is 1.46. The molecule has 0 aliphatic carbocycles. The van der Waals surface area contributed by atoms with Crippen LogP contribution in [0.1, 0.15) is 44.7 Å². The molecule has 40 heavy (non-hydrogen) atoms. The van der Waals surface area contributed by atoms with E-state index in [9.17, 15) is 13.5 Å². The van der Waals surface area contributed by atoms with Crippen LogP contribution in [0.5, 0.6) is 0 Å². The Morgan fingerprint density at radius 1 is 0.950 bits per heavy atom. The van der Waals surface area contributed by atoms with Gasteiger partial charge in [-0.1, -0.05) is 24.3 Å². The highest BCUT2D eigenvalue weighted by Gasteiger charge is 2.33. The summed E-state index contributed by atoms with van der Waals surface area (Å²) in [6.07, 6.45) is 7.74. The second-order valence-electron chi connectivity index (χ2n) is 10.7. The van der Waals surface area contributed by atoms with Gasteiger partial charge >= 0.3 is 0 Å². The Morgan fingerprint density at radius 2 is 1.65 bits per heavy atom. The molecular weight excluding hydrogens is 542 g/mol. The topological polar surface area (TPSA) is 113 Å². The average molecular weight is 578 g/mol. The van der Waals surface area contributed by atoms with Crippen LogP contribution in [0, 0.1) is 0 Å². The predicted molar refractivity (Wildman–Crippen MR) is 162 cm³/mol. The largest absolute Gasteiger partial charge is 0.400 e. The molecule has 1 aliphatic rings. The minimum Gasteiger partial charge on any atom is -0.400 e. The summed E-state index contributed by atoms with van der Waals surface area (Å²) in [4.78, 5) is 14.8. The van der Waals surface area contributed by atoms with Crippen LogP contribution in [-0.4, -0.2) is 48.5 Å². The molecule has 0 bridgehead atoms. The van der Waals surface area contributed by atoms with Gasteiger partial charge in [0.15, 0.2) is 9.84 Å². The van der Waals surface area contributed by atoms with Gasteiger partial charge in [-0.25, -0.2) is 13.4 Å². The molecule has 0 unspecified atom stereocenters. The van der Waals surface area contributed by atoms with E-state index in [-0.39, 0.29) is 0 Å². The summed E-state index contributed by atoms with van der Waals surface area (Å²) in [5.41, 5.74) is 4.10. The molecule has 0 fully saturated rings. The van der Waals surface area contributed by atoms with E-state index in [4.69, 9.17) is 15.1 Å². The molecule has 9 heteroatoms. The number of thiazole rings is 1. The van der Waals surface area contributed by atoms with E-state index in [0.29, 0.717) is 11.6 Å². The maximum atomic E-state index is 12.7. The Bertz CT molecular complexity index is 1750. The summed E-state index contributed by atoms with van der Waals surface area (Å²) in [6, 6.07) is 15.9. The monoisotopic (exact) mass is 577 g/mol. The predicted octanol–water partition coefficient (Wildman–Crippen LogP) is 4.46. The number of hydrogen-bond donors (Lipinski definition) is 2. The van der Waals surface area contributed by atoms with Crippen LogP contribution in [0.15, 0.2) is 65.9 Å². The van der Waals surface area contributed by atoms with Gasteiger partial charge in [0.2, 0.25) is 0 Å². The highest BCUT2D eigenvalue weighted by Crippen LogP contribution is 2.41. The molecule has 0 radical (unpaired) electrons. The number of nitrogens with zero attached hydrogens (tertiary/aromatic N) is 3. The third-order valence-electron chi connectivity index (χ3n) is 7.05. The zero-order valence-electron chi connectivity index (χ0n) is 23.6. The maximum absolute atomic E-state index is 12.7. The van der Waals surface area contributed by atoms with Crippen molar-refractivity contribution in [3.8, 4) is 32.8 Å². The number of hydrogen-bond acceptors (Lipinski definition) is 8. The number of pyridine rings is 1. The number of sulfone groups is 1. The average Bonchev–Trinajstić information content (AvgIpc) is 3.40. The fourth-order valence-corrected chi connectivity index (χ4v) is 6.10.